The highest BCUT2D eigenvalue weighted by Gasteiger charge is 2.12. The van der Waals surface area contributed by atoms with Crippen molar-refractivity contribution in [2.24, 2.45) is 7.05 Å². The Morgan fingerprint density at radius 1 is 1.03 bits per heavy atom. The number of halogens is 1. The van der Waals surface area contributed by atoms with Gasteiger partial charge in [-0.15, -0.1) is 10.2 Å². The molecule has 0 atom stereocenters. The summed E-state index contributed by atoms with van der Waals surface area (Å²) < 4.78 is 13.3. The van der Waals surface area contributed by atoms with Crippen molar-refractivity contribution in [1.29, 1.82) is 0 Å². The van der Waals surface area contributed by atoms with Crippen molar-refractivity contribution in [2.75, 3.05) is 0 Å². The molecular weight excluding hydrogens is 424 g/mol. The summed E-state index contributed by atoms with van der Waals surface area (Å²) in [6.45, 7) is 0.387. The van der Waals surface area contributed by atoms with E-state index in [1.54, 1.807) is 0 Å². The van der Waals surface area contributed by atoms with E-state index in [0.717, 1.165) is 39.0 Å². The second-order valence-corrected chi connectivity index (χ2v) is 7.69. The van der Waals surface area contributed by atoms with Gasteiger partial charge < -0.3 is 9.15 Å². The number of hydrogen-bond acceptors (Lipinski definition) is 5. The molecule has 0 fully saturated rings. The van der Waals surface area contributed by atoms with Gasteiger partial charge in [-0.25, -0.2) is 0 Å². The van der Waals surface area contributed by atoms with Crippen LogP contribution in [0, 0.1) is 0 Å². The van der Waals surface area contributed by atoms with Gasteiger partial charge in [0.15, 0.2) is 0 Å². The zero-order chi connectivity index (χ0) is 21.9. The predicted molar refractivity (Wildman–Crippen MR) is 124 cm³/mol. The van der Waals surface area contributed by atoms with Gasteiger partial charge in [-0.2, -0.15) is 5.10 Å². The van der Waals surface area contributed by atoms with E-state index in [2.05, 4.69) is 21.4 Å². The molecule has 0 saturated carbocycles. The van der Waals surface area contributed by atoms with Crippen molar-refractivity contribution in [1.82, 2.24) is 20.0 Å². The molecule has 0 aliphatic heterocycles. The topological polar surface area (TPSA) is 66.0 Å². The van der Waals surface area contributed by atoms with Crippen molar-refractivity contribution in [3.63, 3.8) is 0 Å². The maximum absolute atomic E-state index is 6.01. The average molecular weight is 443 g/mol. The first-order valence-corrected chi connectivity index (χ1v) is 10.4. The highest BCUT2D eigenvalue weighted by Crippen LogP contribution is 2.27. The maximum atomic E-state index is 6.01. The van der Waals surface area contributed by atoms with Crippen LogP contribution >= 0.6 is 11.6 Å². The molecule has 2 aromatic heterocycles. The zero-order valence-electron chi connectivity index (χ0n) is 17.3. The molecule has 0 radical (unpaired) electrons. The van der Waals surface area contributed by atoms with Gasteiger partial charge in [0.05, 0.1) is 5.52 Å². The van der Waals surface area contributed by atoms with Crippen LogP contribution in [-0.2, 0) is 13.7 Å². The maximum Gasteiger partial charge on any atom is 0.248 e. The quantitative estimate of drug-likeness (QED) is 0.312. The molecule has 0 unspecified atom stereocenters. The van der Waals surface area contributed by atoms with Crippen molar-refractivity contribution in [2.45, 2.75) is 6.61 Å². The van der Waals surface area contributed by atoms with E-state index in [1.807, 2.05) is 84.5 Å². The molecule has 7 heteroatoms. The Bertz CT molecular complexity index is 1370. The van der Waals surface area contributed by atoms with Gasteiger partial charge in [-0.3, -0.25) is 4.68 Å². The number of rotatable bonds is 6. The minimum Gasteiger partial charge on any atom is -0.487 e. The summed E-state index contributed by atoms with van der Waals surface area (Å²) in [7, 11) is 1.94. The predicted octanol–water partition coefficient (Wildman–Crippen LogP) is 5.78. The van der Waals surface area contributed by atoms with Gasteiger partial charge >= 0.3 is 0 Å². The fourth-order valence-electron chi connectivity index (χ4n) is 3.56. The lowest BCUT2D eigenvalue weighted by Crippen LogP contribution is -1.98. The summed E-state index contributed by atoms with van der Waals surface area (Å²) in [4.78, 5) is 0. The van der Waals surface area contributed by atoms with Crippen LogP contribution in [-0.4, -0.2) is 20.0 Å². The molecule has 32 heavy (non-hydrogen) atoms. The Hall–Kier alpha value is -3.90. The monoisotopic (exact) mass is 442 g/mol. The Labute approximate surface area is 189 Å². The number of aryl methyl sites for hydroxylation is 1. The number of ether oxygens (including phenoxy) is 1. The van der Waals surface area contributed by atoms with Crippen LogP contribution in [0.25, 0.3) is 22.6 Å². The molecule has 0 aliphatic rings. The lowest BCUT2D eigenvalue weighted by molar-refractivity contribution is 0.301. The average Bonchev–Trinajstić information content (AvgIpc) is 3.47. The summed E-state index contributed by atoms with van der Waals surface area (Å²) in [6, 6.07) is 23.5. The van der Waals surface area contributed by atoms with Gasteiger partial charge in [-0.1, -0.05) is 54.1 Å². The normalized spacial score (nSPS) is 11.8. The Kier molecular flexibility index (Phi) is 5.44. The first-order valence-electron chi connectivity index (χ1n) is 10.0. The van der Waals surface area contributed by atoms with E-state index >= 15 is 0 Å². The van der Waals surface area contributed by atoms with Crippen molar-refractivity contribution in [3.8, 4) is 5.75 Å². The molecule has 5 aromatic rings. The molecule has 6 nitrogen and oxygen atoms in total. The number of aromatic nitrogens is 4. The van der Waals surface area contributed by atoms with E-state index in [4.69, 9.17) is 20.8 Å². The van der Waals surface area contributed by atoms with Crippen LogP contribution in [0.4, 0.5) is 0 Å². The van der Waals surface area contributed by atoms with Crippen LogP contribution in [0.2, 0.25) is 5.02 Å². The van der Waals surface area contributed by atoms with Gasteiger partial charge in [0.1, 0.15) is 18.1 Å². The van der Waals surface area contributed by atoms with Crippen LogP contribution < -0.4 is 4.74 Å². The summed E-state index contributed by atoms with van der Waals surface area (Å²) in [5.41, 5.74) is 4.70. The lowest BCUT2D eigenvalue weighted by Gasteiger charge is -2.08. The van der Waals surface area contributed by atoms with Crippen molar-refractivity contribution >= 4 is 34.2 Å². The highest BCUT2D eigenvalue weighted by atomic mass is 35.5. The van der Waals surface area contributed by atoms with Gasteiger partial charge in [-0.05, 0) is 47.5 Å². The molecule has 0 N–H and O–H groups in total. The summed E-state index contributed by atoms with van der Waals surface area (Å²) >= 11 is 6.01. The molecule has 3 aromatic carbocycles. The Morgan fingerprint density at radius 3 is 2.56 bits per heavy atom. The number of benzene rings is 3. The zero-order valence-corrected chi connectivity index (χ0v) is 18.0. The summed E-state index contributed by atoms with van der Waals surface area (Å²) in [5.74, 6) is 1.19. The molecular formula is C25H19ClN4O2. The molecule has 0 amide bonds. The molecule has 0 aliphatic carbocycles. The van der Waals surface area contributed by atoms with Gasteiger partial charge in [0, 0.05) is 23.0 Å². The van der Waals surface area contributed by atoms with Crippen LogP contribution in [0.5, 0.6) is 5.75 Å². The number of para-hydroxylation sites is 1. The first kappa shape index (κ1) is 20.0. The van der Waals surface area contributed by atoms with E-state index < -0.39 is 0 Å². The van der Waals surface area contributed by atoms with Crippen LogP contribution in [0.15, 0.2) is 83.6 Å². The minimum absolute atomic E-state index is 0.387. The number of nitrogens with zero attached hydrogens (tertiary/aromatic N) is 4. The van der Waals surface area contributed by atoms with E-state index in [9.17, 15) is 0 Å². The third kappa shape index (κ3) is 4.13. The number of hydrogen-bond donors (Lipinski definition) is 0. The smallest absolute Gasteiger partial charge is 0.248 e. The second-order valence-electron chi connectivity index (χ2n) is 7.25. The van der Waals surface area contributed by atoms with E-state index in [1.165, 1.54) is 6.39 Å². The standard InChI is InChI=1S/C25H19ClN4O2/c1-30-24-5-3-2-4-21(24)23(29-30)15-31-20-12-8-18(9-13-20)22(25-28-27-16-32-25)14-17-6-10-19(26)11-7-17/h2-14,16H,15H2,1H3. The highest BCUT2D eigenvalue weighted by molar-refractivity contribution is 6.30. The Balaban J connectivity index is 1.39. The minimum atomic E-state index is 0.387. The fraction of sp³-hybridized carbons (Fsp3) is 0.0800. The molecule has 5 rings (SSSR count). The molecule has 0 saturated heterocycles. The SMILES string of the molecule is Cn1nc(COc2ccc(C(=Cc3ccc(Cl)cc3)c3nnco3)cc2)c2ccccc21. The fourth-order valence-corrected chi connectivity index (χ4v) is 3.69. The third-order valence-electron chi connectivity index (χ3n) is 5.15. The molecule has 158 valence electrons. The summed E-state index contributed by atoms with van der Waals surface area (Å²) in [6.07, 6.45) is 3.30. The summed E-state index contributed by atoms with van der Waals surface area (Å²) in [5, 5.41) is 14.3. The van der Waals surface area contributed by atoms with E-state index in [0.29, 0.717) is 17.5 Å². The third-order valence-corrected chi connectivity index (χ3v) is 5.40. The van der Waals surface area contributed by atoms with E-state index in [-0.39, 0.29) is 0 Å². The first-order chi connectivity index (χ1) is 15.7. The van der Waals surface area contributed by atoms with Crippen LogP contribution in [0.1, 0.15) is 22.7 Å². The molecule has 0 bridgehead atoms. The lowest BCUT2D eigenvalue weighted by atomic mass is 10.0. The van der Waals surface area contributed by atoms with Crippen molar-refractivity contribution < 1.29 is 9.15 Å². The van der Waals surface area contributed by atoms with Gasteiger partial charge in [0.2, 0.25) is 12.3 Å². The number of fused-ring (bicyclic) bond motifs is 1. The Morgan fingerprint density at radius 2 is 1.81 bits per heavy atom. The van der Waals surface area contributed by atoms with Crippen molar-refractivity contribution in [3.05, 3.63) is 107 Å². The molecule has 2 heterocycles. The van der Waals surface area contributed by atoms with Gasteiger partial charge in [0.25, 0.3) is 0 Å². The van der Waals surface area contributed by atoms with Crippen LogP contribution in [0.3, 0.4) is 0 Å². The largest absolute Gasteiger partial charge is 0.487 e. The molecule has 0 spiro atoms. The second kappa shape index (κ2) is 8.69.